The molecule has 5 heteroatoms. The van der Waals surface area contributed by atoms with Gasteiger partial charge in [0.25, 0.3) is 5.91 Å². The van der Waals surface area contributed by atoms with Gasteiger partial charge in [0.15, 0.2) is 5.69 Å². The van der Waals surface area contributed by atoms with Gasteiger partial charge in [-0.05, 0) is 19.8 Å². The fraction of sp³-hybridized carbons (Fsp3) is 0.615. The first kappa shape index (κ1) is 12.8. The van der Waals surface area contributed by atoms with Crippen LogP contribution in [-0.2, 0) is 4.79 Å². The molecule has 1 aliphatic rings. The Labute approximate surface area is 106 Å². The molecule has 0 bridgehead atoms. The predicted molar refractivity (Wildman–Crippen MR) is 65.2 cm³/mol. The summed E-state index contributed by atoms with van der Waals surface area (Å²) in [6.45, 7) is 4.90. The van der Waals surface area contributed by atoms with Crippen molar-refractivity contribution >= 4 is 11.7 Å². The zero-order valence-electron chi connectivity index (χ0n) is 10.8. The Morgan fingerprint density at radius 3 is 2.61 bits per heavy atom. The van der Waals surface area contributed by atoms with Crippen LogP contribution in [0.3, 0.4) is 0 Å². The number of carbonyl (C=O) groups is 2. The molecule has 98 valence electrons. The van der Waals surface area contributed by atoms with Crippen LogP contribution in [-0.4, -0.2) is 34.8 Å². The molecule has 0 N–H and O–H groups in total. The predicted octanol–water partition coefficient (Wildman–Crippen LogP) is 1.81. The van der Waals surface area contributed by atoms with Crippen LogP contribution in [0.15, 0.2) is 10.6 Å². The maximum atomic E-state index is 12.1. The molecule has 2 heterocycles. The minimum absolute atomic E-state index is 0.103. The molecule has 1 aliphatic heterocycles. The Morgan fingerprint density at radius 2 is 2.11 bits per heavy atom. The highest BCUT2D eigenvalue weighted by Crippen LogP contribution is 2.20. The highest BCUT2D eigenvalue weighted by molar-refractivity contribution is 5.92. The van der Waals surface area contributed by atoms with Crippen LogP contribution in [0, 0.1) is 12.8 Å². The summed E-state index contributed by atoms with van der Waals surface area (Å²) in [6, 6.07) is 1.64. The van der Waals surface area contributed by atoms with E-state index < -0.39 is 0 Å². The van der Waals surface area contributed by atoms with E-state index in [0.717, 1.165) is 12.8 Å². The van der Waals surface area contributed by atoms with Crippen molar-refractivity contribution in [1.82, 2.24) is 10.1 Å². The molecule has 0 aromatic carbocycles. The highest BCUT2D eigenvalue weighted by Gasteiger charge is 2.27. The van der Waals surface area contributed by atoms with Crippen LogP contribution in [0.2, 0.25) is 0 Å². The molecule has 0 radical (unpaired) electrons. The number of Topliss-reactive ketones (excluding diaryl/α,β-unsaturated/α-hetero) is 1. The molecule has 0 unspecified atom stereocenters. The Bertz CT molecular complexity index is 445. The van der Waals surface area contributed by atoms with E-state index in [1.165, 1.54) is 0 Å². The van der Waals surface area contributed by atoms with Crippen molar-refractivity contribution in [2.75, 3.05) is 13.1 Å². The number of rotatable bonds is 3. The van der Waals surface area contributed by atoms with Crippen molar-refractivity contribution in [3.8, 4) is 0 Å². The average molecular weight is 250 g/mol. The molecule has 2 rings (SSSR count). The van der Waals surface area contributed by atoms with Crippen molar-refractivity contribution in [3.63, 3.8) is 0 Å². The SMILES string of the molecule is CCC(=O)C1CCN(C(=O)c2cc(C)on2)CC1. The third-order valence-electron chi connectivity index (χ3n) is 3.43. The summed E-state index contributed by atoms with van der Waals surface area (Å²) in [4.78, 5) is 25.4. The summed E-state index contributed by atoms with van der Waals surface area (Å²) in [6.07, 6.45) is 2.10. The van der Waals surface area contributed by atoms with Crippen LogP contribution < -0.4 is 0 Å². The third-order valence-corrected chi connectivity index (χ3v) is 3.43. The minimum atomic E-state index is -0.103. The fourth-order valence-corrected chi connectivity index (χ4v) is 2.32. The van der Waals surface area contributed by atoms with E-state index in [4.69, 9.17) is 4.52 Å². The first-order valence-electron chi connectivity index (χ1n) is 6.37. The highest BCUT2D eigenvalue weighted by atomic mass is 16.5. The van der Waals surface area contributed by atoms with Crippen molar-refractivity contribution in [1.29, 1.82) is 0 Å². The second-order valence-corrected chi connectivity index (χ2v) is 4.71. The molecule has 0 atom stereocenters. The molecule has 1 aromatic heterocycles. The van der Waals surface area contributed by atoms with Gasteiger partial charge in [0.1, 0.15) is 11.5 Å². The monoisotopic (exact) mass is 250 g/mol. The number of carbonyl (C=O) groups excluding carboxylic acids is 2. The van der Waals surface area contributed by atoms with Crippen molar-refractivity contribution in [2.45, 2.75) is 33.1 Å². The first-order chi connectivity index (χ1) is 8.61. The van der Waals surface area contributed by atoms with Gasteiger partial charge in [-0.15, -0.1) is 0 Å². The normalized spacial score (nSPS) is 16.9. The van der Waals surface area contributed by atoms with Gasteiger partial charge >= 0.3 is 0 Å². The largest absolute Gasteiger partial charge is 0.361 e. The van der Waals surface area contributed by atoms with E-state index in [-0.39, 0.29) is 11.8 Å². The van der Waals surface area contributed by atoms with Gasteiger partial charge in [-0.25, -0.2) is 0 Å². The second kappa shape index (κ2) is 5.33. The number of aryl methyl sites for hydroxylation is 1. The maximum Gasteiger partial charge on any atom is 0.276 e. The maximum absolute atomic E-state index is 12.1. The second-order valence-electron chi connectivity index (χ2n) is 4.71. The van der Waals surface area contributed by atoms with Gasteiger partial charge in [-0.2, -0.15) is 0 Å². The molecular formula is C13H18N2O3. The van der Waals surface area contributed by atoms with Crippen LogP contribution in [0.4, 0.5) is 0 Å². The van der Waals surface area contributed by atoms with Gasteiger partial charge in [0, 0.05) is 31.5 Å². The molecule has 1 aromatic rings. The van der Waals surface area contributed by atoms with Crippen molar-refractivity contribution in [2.24, 2.45) is 5.92 Å². The first-order valence-corrected chi connectivity index (χ1v) is 6.37. The molecule has 0 saturated carbocycles. The molecule has 5 nitrogen and oxygen atoms in total. The van der Waals surface area contributed by atoms with Crippen molar-refractivity contribution in [3.05, 3.63) is 17.5 Å². The topological polar surface area (TPSA) is 63.4 Å². The number of hydrogen-bond acceptors (Lipinski definition) is 4. The lowest BCUT2D eigenvalue weighted by Gasteiger charge is -2.30. The number of aromatic nitrogens is 1. The standard InChI is InChI=1S/C13H18N2O3/c1-3-12(16)10-4-6-15(7-5-10)13(17)11-8-9(2)18-14-11/h8,10H,3-7H2,1-2H3. The number of piperidine rings is 1. The van der Waals surface area contributed by atoms with Gasteiger partial charge in [-0.3, -0.25) is 9.59 Å². The molecule has 1 fully saturated rings. The number of nitrogens with zero attached hydrogens (tertiary/aromatic N) is 2. The summed E-state index contributed by atoms with van der Waals surface area (Å²) in [5.74, 6) is 0.959. The van der Waals surface area contributed by atoms with Gasteiger partial charge in [-0.1, -0.05) is 12.1 Å². The Kier molecular flexibility index (Phi) is 3.79. The molecular weight excluding hydrogens is 232 g/mol. The number of ketones is 1. The smallest absolute Gasteiger partial charge is 0.276 e. The fourth-order valence-electron chi connectivity index (χ4n) is 2.32. The minimum Gasteiger partial charge on any atom is -0.361 e. The summed E-state index contributed by atoms with van der Waals surface area (Å²) in [5, 5.41) is 3.73. The zero-order valence-corrected chi connectivity index (χ0v) is 10.8. The third kappa shape index (κ3) is 2.60. The molecule has 0 aliphatic carbocycles. The number of amides is 1. The van der Waals surface area contributed by atoms with Crippen LogP contribution in [0.25, 0.3) is 0 Å². The van der Waals surface area contributed by atoms with E-state index in [2.05, 4.69) is 5.16 Å². The summed E-state index contributed by atoms with van der Waals surface area (Å²) < 4.78 is 4.90. The Hall–Kier alpha value is -1.65. The molecule has 18 heavy (non-hydrogen) atoms. The van der Waals surface area contributed by atoms with E-state index in [0.29, 0.717) is 36.7 Å². The van der Waals surface area contributed by atoms with Gasteiger partial charge < -0.3 is 9.42 Å². The van der Waals surface area contributed by atoms with Crippen LogP contribution >= 0.6 is 0 Å². The van der Waals surface area contributed by atoms with E-state index in [9.17, 15) is 9.59 Å². The van der Waals surface area contributed by atoms with Gasteiger partial charge in [0.05, 0.1) is 0 Å². The molecule has 1 amide bonds. The lowest BCUT2D eigenvalue weighted by Crippen LogP contribution is -2.40. The van der Waals surface area contributed by atoms with Crippen LogP contribution in [0.5, 0.6) is 0 Å². The average Bonchev–Trinajstić information content (AvgIpc) is 2.84. The number of hydrogen-bond donors (Lipinski definition) is 0. The molecule has 0 spiro atoms. The van der Waals surface area contributed by atoms with E-state index in [1.807, 2.05) is 6.92 Å². The Morgan fingerprint density at radius 1 is 1.44 bits per heavy atom. The lowest BCUT2D eigenvalue weighted by atomic mass is 9.91. The Balaban J connectivity index is 1.94. The van der Waals surface area contributed by atoms with Crippen molar-refractivity contribution < 1.29 is 14.1 Å². The summed E-state index contributed by atoms with van der Waals surface area (Å²) in [5.41, 5.74) is 0.354. The summed E-state index contributed by atoms with van der Waals surface area (Å²) >= 11 is 0. The van der Waals surface area contributed by atoms with E-state index in [1.54, 1.807) is 17.9 Å². The number of likely N-dealkylation sites (tertiary alicyclic amines) is 1. The van der Waals surface area contributed by atoms with E-state index >= 15 is 0 Å². The quantitative estimate of drug-likeness (QED) is 0.820. The molecule has 1 saturated heterocycles. The summed E-state index contributed by atoms with van der Waals surface area (Å²) in [7, 11) is 0. The van der Waals surface area contributed by atoms with Gasteiger partial charge in [0.2, 0.25) is 0 Å². The lowest BCUT2D eigenvalue weighted by molar-refractivity contribution is -0.123. The van der Waals surface area contributed by atoms with Crippen LogP contribution in [0.1, 0.15) is 42.4 Å². The zero-order chi connectivity index (χ0) is 13.1.